The summed E-state index contributed by atoms with van der Waals surface area (Å²) in [7, 11) is -4.26. The highest BCUT2D eigenvalue weighted by Crippen LogP contribution is 2.44. The van der Waals surface area contributed by atoms with Crippen LogP contribution in [0.1, 0.15) is 25.3 Å². The minimum absolute atomic E-state index is 0.380. The molecule has 9 nitrogen and oxygen atoms in total. The van der Waals surface area contributed by atoms with Crippen molar-refractivity contribution in [3.63, 3.8) is 0 Å². The average Bonchev–Trinajstić information content (AvgIpc) is 3.04. The molecule has 1 aliphatic carbocycles. The van der Waals surface area contributed by atoms with Gasteiger partial charge in [0.2, 0.25) is 0 Å². The normalized spacial score (nSPS) is 21.6. The second kappa shape index (κ2) is 7.91. The van der Waals surface area contributed by atoms with Crippen molar-refractivity contribution >= 4 is 24.4 Å². The summed E-state index contributed by atoms with van der Waals surface area (Å²) in [6.07, 6.45) is 6.46. The fraction of sp³-hybridized carbons (Fsp3) is 0.429. The smallest absolute Gasteiger partial charge is 0.362 e. The molecule has 0 amide bonds. The van der Waals surface area contributed by atoms with E-state index in [1.807, 2.05) is 6.07 Å². The van der Waals surface area contributed by atoms with E-state index in [0.29, 0.717) is 17.6 Å². The lowest BCUT2D eigenvalue weighted by atomic mass is 9.79. The lowest BCUT2D eigenvalue weighted by Crippen LogP contribution is -2.43. The Balaban J connectivity index is 1.44. The molecule has 0 radical (unpaired) electrons. The average molecular weight is 443 g/mol. The van der Waals surface area contributed by atoms with Crippen LogP contribution in [0.2, 0.25) is 0 Å². The first-order valence-corrected chi connectivity index (χ1v) is 12.3. The summed E-state index contributed by atoms with van der Waals surface area (Å²) in [4.78, 5) is 29.4. The number of anilines is 1. The van der Waals surface area contributed by atoms with E-state index in [0.717, 1.165) is 40.9 Å². The molecule has 1 aromatic carbocycles. The molecule has 2 aromatic heterocycles. The van der Waals surface area contributed by atoms with Gasteiger partial charge in [0.25, 0.3) is 0 Å². The molecule has 10 heteroatoms. The van der Waals surface area contributed by atoms with Crippen molar-refractivity contribution in [3.05, 3.63) is 36.8 Å². The Morgan fingerprint density at radius 1 is 1.23 bits per heavy atom. The maximum atomic E-state index is 11.1. The van der Waals surface area contributed by atoms with E-state index in [2.05, 4.69) is 25.6 Å². The highest BCUT2D eigenvalue weighted by atomic mass is 31.2. The molecule has 4 N–H and O–H groups in total. The zero-order chi connectivity index (χ0) is 21.6. The van der Waals surface area contributed by atoms with E-state index < -0.39 is 13.9 Å². The molecule has 0 atom stereocenters. The van der Waals surface area contributed by atoms with Crippen molar-refractivity contribution in [3.8, 4) is 16.9 Å². The summed E-state index contributed by atoms with van der Waals surface area (Å²) in [5, 5.41) is 0.792. The van der Waals surface area contributed by atoms with Crippen LogP contribution in [0.3, 0.4) is 0 Å². The van der Waals surface area contributed by atoms with Crippen molar-refractivity contribution in [1.82, 2.24) is 19.4 Å². The largest absolute Gasteiger partial charge is 0.481 e. The van der Waals surface area contributed by atoms with Crippen LogP contribution in [0.25, 0.3) is 22.2 Å². The molecule has 31 heavy (non-hydrogen) atoms. The Morgan fingerprint density at radius 3 is 2.74 bits per heavy atom. The number of fused-ring (bicyclic) bond motifs is 1. The van der Waals surface area contributed by atoms with Crippen molar-refractivity contribution in [1.29, 1.82) is 0 Å². The van der Waals surface area contributed by atoms with Crippen LogP contribution in [0.5, 0.6) is 5.75 Å². The molecule has 2 fully saturated rings. The van der Waals surface area contributed by atoms with Gasteiger partial charge in [-0.3, -0.25) is 4.57 Å². The molecule has 1 saturated carbocycles. The number of nitrogens with zero attached hydrogens (tertiary/aromatic N) is 4. The van der Waals surface area contributed by atoms with Gasteiger partial charge < -0.3 is 29.7 Å². The predicted octanol–water partition coefficient (Wildman–Crippen LogP) is 2.85. The summed E-state index contributed by atoms with van der Waals surface area (Å²) in [5.74, 6) is 1.52. The third-order valence-corrected chi connectivity index (χ3v) is 6.72. The molecule has 3 aromatic rings. The van der Waals surface area contributed by atoms with Crippen LogP contribution in [0.4, 0.5) is 5.82 Å². The summed E-state index contributed by atoms with van der Waals surface area (Å²) < 4.78 is 18.6. The number of nitrogen functional groups attached to an aromatic ring is 1. The second-order valence-corrected chi connectivity index (χ2v) is 10.1. The highest BCUT2D eigenvalue weighted by molar-refractivity contribution is 7.51. The summed E-state index contributed by atoms with van der Waals surface area (Å²) in [5.41, 5.74) is 8.78. The zero-order valence-electron chi connectivity index (χ0n) is 17.1. The summed E-state index contributed by atoms with van der Waals surface area (Å²) in [6.45, 7) is 3.63. The van der Waals surface area contributed by atoms with Gasteiger partial charge in [-0.1, -0.05) is 12.1 Å². The van der Waals surface area contributed by atoms with Crippen LogP contribution in [-0.4, -0.2) is 55.2 Å². The molecular formula is C21H26N5O4P. The Labute approximate surface area is 180 Å². The lowest BCUT2D eigenvalue weighted by Gasteiger charge is -2.42. The SMILES string of the molecule is Nc1ncnc2c1c(-c1cccc(OCP(=O)(O)O)c1)cn2[C@H]1C[C@@H](CN2CCC2)C1. The van der Waals surface area contributed by atoms with E-state index in [1.165, 1.54) is 32.4 Å². The van der Waals surface area contributed by atoms with E-state index in [4.69, 9.17) is 20.3 Å². The topological polar surface area (TPSA) is 127 Å². The predicted molar refractivity (Wildman–Crippen MR) is 118 cm³/mol. The van der Waals surface area contributed by atoms with Gasteiger partial charge in [0.05, 0.1) is 5.39 Å². The van der Waals surface area contributed by atoms with Crippen LogP contribution in [-0.2, 0) is 4.57 Å². The second-order valence-electron chi connectivity index (χ2n) is 8.52. The van der Waals surface area contributed by atoms with Crippen LogP contribution < -0.4 is 10.5 Å². The molecule has 164 valence electrons. The van der Waals surface area contributed by atoms with Crippen molar-refractivity contribution < 1.29 is 19.1 Å². The van der Waals surface area contributed by atoms with Crippen LogP contribution in [0, 0.1) is 5.92 Å². The van der Waals surface area contributed by atoms with Gasteiger partial charge in [-0.15, -0.1) is 0 Å². The Kier molecular flexibility index (Phi) is 5.22. The van der Waals surface area contributed by atoms with Gasteiger partial charge in [0.15, 0.2) is 6.35 Å². The molecule has 0 bridgehead atoms. The van der Waals surface area contributed by atoms with Crippen molar-refractivity contribution in [2.45, 2.75) is 25.3 Å². The fourth-order valence-corrected chi connectivity index (χ4v) is 4.84. The van der Waals surface area contributed by atoms with E-state index in [1.54, 1.807) is 18.2 Å². The van der Waals surface area contributed by atoms with E-state index in [9.17, 15) is 4.57 Å². The minimum atomic E-state index is -4.26. The third kappa shape index (κ3) is 4.19. The zero-order valence-corrected chi connectivity index (χ0v) is 18.0. The minimum Gasteiger partial charge on any atom is -0.481 e. The fourth-order valence-electron chi connectivity index (χ4n) is 4.52. The molecule has 2 aliphatic rings. The molecular weight excluding hydrogens is 417 g/mol. The molecule has 3 heterocycles. The first-order chi connectivity index (χ1) is 14.9. The quantitative estimate of drug-likeness (QED) is 0.476. The van der Waals surface area contributed by atoms with E-state index in [-0.39, 0.29) is 0 Å². The van der Waals surface area contributed by atoms with Crippen LogP contribution in [0.15, 0.2) is 36.8 Å². The van der Waals surface area contributed by atoms with Gasteiger partial charge in [-0.2, -0.15) is 0 Å². The molecule has 1 aliphatic heterocycles. The molecule has 0 spiro atoms. The number of aromatic nitrogens is 3. The third-order valence-electron chi connectivity index (χ3n) is 6.25. The lowest BCUT2D eigenvalue weighted by molar-refractivity contribution is 0.0921. The monoisotopic (exact) mass is 443 g/mol. The summed E-state index contributed by atoms with van der Waals surface area (Å²) in [6, 6.07) is 7.52. The molecule has 0 unspecified atom stereocenters. The number of hydrogen-bond acceptors (Lipinski definition) is 6. The van der Waals surface area contributed by atoms with Crippen molar-refractivity contribution in [2.24, 2.45) is 5.92 Å². The molecule has 1 saturated heterocycles. The number of hydrogen-bond donors (Lipinski definition) is 3. The first kappa shape index (κ1) is 20.5. The number of ether oxygens (including phenoxy) is 1. The van der Waals surface area contributed by atoms with Gasteiger partial charge in [-0.25, -0.2) is 9.97 Å². The standard InChI is InChI=1S/C21H26N5O4P/c22-20-19-18(15-3-1-4-17(9-15)30-13-31(27,28)29)11-26(21(19)24-12-23-20)16-7-14(8-16)10-25-5-2-6-25/h1,3-4,9,11-12,14,16H,2,5-8,10,13H2,(H2,22,23,24)(H2,27,28,29)/t14-,16+. The maximum Gasteiger partial charge on any atom is 0.362 e. The van der Waals surface area contributed by atoms with Gasteiger partial charge in [0, 0.05) is 24.3 Å². The number of benzene rings is 1. The summed E-state index contributed by atoms with van der Waals surface area (Å²) >= 11 is 0. The Hall–Kier alpha value is -2.45. The maximum absolute atomic E-state index is 11.1. The first-order valence-electron chi connectivity index (χ1n) is 10.5. The molecule has 5 rings (SSSR count). The number of nitrogens with two attached hydrogens (primary N) is 1. The van der Waals surface area contributed by atoms with Gasteiger partial charge >= 0.3 is 7.60 Å². The van der Waals surface area contributed by atoms with E-state index >= 15 is 0 Å². The number of likely N-dealkylation sites (tertiary alicyclic amines) is 1. The van der Waals surface area contributed by atoms with Crippen molar-refractivity contribution in [2.75, 3.05) is 31.7 Å². The Morgan fingerprint density at radius 2 is 2.03 bits per heavy atom. The highest BCUT2D eigenvalue weighted by Gasteiger charge is 2.34. The Bertz CT molecular complexity index is 1150. The van der Waals surface area contributed by atoms with Crippen LogP contribution >= 0.6 is 7.60 Å². The number of rotatable bonds is 7. The van der Waals surface area contributed by atoms with Gasteiger partial charge in [0.1, 0.15) is 23.5 Å². The van der Waals surface area contributed by atoms with Gasteiger partial charge in [-0.05, 0) is 56.0 Å².